The monoisotopic (exact) mass is 1240 g/mol. The van der Waals surface area contributed by atoms with Gasteiger partial charge in [-0.2, -0.15) is 25.5 Å². The first-order valence-electron chi connectivity index (χ1n) is 27.3. The molecule has 0 saturated heterocycles. The number of hydrogen-bond donors (Lipinski definition) is 0. The molecule has 0 saturated carbocycles. The van der Waals surface area contributed by atoms with Crippen LogP contribution in [0.15, 0.2) is 119 Å². The van der Waals surface area contributed by atoms with Gasteiger partial charge in [0.1, 0.15) is 41.3 Å². The average molecular weight is 1240 g/mol. The van der Waals surface area contributed by atoms with Crippen molar-refractivity contribution in [3.05, 3.63) is 177 Å². The van der Waals surface area contributed by atoms with Crippen molar-refractivity contribution >= 4 is 0 Å². The van der Waals surface area contributed by atoms with Gasteiger partial charge in [0.05, 0.1) is 144 Å². The van der Waals surface area contributed by atoms with Crippen LogP contribution in [-0.2, 0) is 0 Å². The second kappa shape index (κ2) is 42.8. The third kappa shape index (κ3) is 27.1. The molecular weight excluding hydrogens is 1150 g/mol. The van der Waals surface area contributed by atoms with Crippen molar-refractivity contribution in [2.75, 3.05) is 71.1 Å². The van der Waals surface area contributed by atoms with Crippen molar-refractivity contribution in [2.45, 2.75) is 104 Å². The van der Waals surface area contributed by atoms with Crippen LogP contribution in [0, 0.1) is 104 Å². The lowest BCUT2D eigenvalue weighted by atomic mass is 10.2. The molecule has 0 spiro atoms. The van der Waals surface area contributed by atoms with Crippen molar-refractivity contribution in [2.24, 2.45) is 0 Å². The van der Waals surface area contributed by atoms with Gasteiger partial charge in [0.2, 0.25) is 17.6 Å². The minimum absolute atomic E-state index is 0.504. The Bertz CT molecular complexity index is 3320. The highest BCUT2D eigenvalue weighted by Gasteiger charge is 2.10. The SMILES string of the molecule is COc1ccoc1C.COc1cnnc(C)c1C.COc1cnnc(OC)c1C.COc1coc(C)c1C.COc1coc(OC)c1C.COc1nncc(C)c1C.COc1nnccc1C.COc1occ(C)c1C.Cc1ccoc1.Cc1ccoc1C. The maximum absolute atomic E-state index is 5.06. The van der Waals surface area contributed by atoms with E-state index in [0.717, 1.165) is 96.0 Å². The van der Waals surface area contributed by atoms with Gasteiger partial charge >= 0.3 is 0 Å². The van der Waals surface area contributed by atoms with Crippen LogP contribution in [0.1, 0.15) is 84.2 Å². The van der Waals surface area contributed by atoms with Crippen molar-refractivity contribution in [1.29, 1.82) is 0 Å². The number of nitrogens with zero attached hydrogens (tertiary/aromatic N) is 8. The highest BCUT2D eigenvalue weighted by atomic mass is 16.6. The summed E-state index contributed by atoms with van der Waals surface area (Å²) in [6.07, 6.45) is 18.0. The van der Waals surface area contributed by atoms with Crippen LogP contribution in [0.5, 0.6) is 58.3 Å². The summed E-state index contributed by atoms with van der Waals surface area (Å²) >= 11 is 0. The number of aromatic nitrogens is 8. The highest BCUT2D eigenvalue weighted by molar-refractivity contribution is 5.37. The third-order valence-electron chi connectivity index (χ3n) is 12.6. The summed E-state index contributed by atoms with van der Waals surface area (Å²) in [5.41, 5.74) is 12.6. The Kier molecular flexibility index (Phi) is 37.0. The Hall–Kier alpha value is -10.0. The molecule has 0 aliphatic rings. The van der Waals surface area contributed by atoms with Gasteiger partial charge in [-0.15, -0.1) is 15.3 Å². The van der Waals surface area contributed by atoms with Crippen LogP contribution in [0.4, 0.5) is 0 Å². The van der Waals surface area contributed by atoms with E-state index in [2.05, 4.69) is 40.8 Å². The van der Waals surface area contributed by atoms with Crippen LogP contribution in [0.3, 0.4) is 0 Å². The molecule has 0 aromatic carbocycles. The normalized spacial score (nSPS) is 9.40. The minimum Gasteiger partial charge on any atom is -0.495 e. The van der Waals surface area contributed by atoms with Crippen LogP contribution in [0.2, 0.25) is 0 Å². The zero-order valence-corrected chi connectivity index (χ0v) is 56.3. The minimum atomic E-state index is 0.504. The smallest absolute Gasteiger partial charge is 0.290 e. The maximum Gasteiger partial charge on any atom is 0.290 e. The molecule has 10 heterocycles. The molecule has 10 rings (SSSR count). The predicted molar refractivity (Wildman–Crippen MR) is 337 cm³/mol. The van der Waals surface area contributed by atoms with Gasteiger partial charge in [-0.1, -0.05) is 0 Å². The van der Waals surface area contributed by atoms with Gasteiger partial charge in [0, 0.05) is 33.9 Å². The average Bonchev–Trinajstić information content (AvgIpc) is 4.63. The van der Waals surface area contributed by atoms with E-state index in [4.69, 9.17) is 73.9 Å². The van der Waals surface area contributed by atoms with E-state index in [0.29, 0.717) is 35.3 Å². The fraction of sp³-hybridized carbons (Fsp3) is 0.385. The summed E-state index contributed by atoms with van der Waals surface area (Å²) in [4.78, 5) is 0. The van der Waals surface area contributed by atoms with Crippen molar-refractivity contribution in [3.63, 3.8) is 0 Å². The first kappa shape index (κ1) is 77.0. The fourth-order valence-electron chi connectivity index (χ4n) is 6.35. The molecule has 486 valence electrons. The number of ether oxygens (including phenoxy) is 10. The largest absolute Gasteiger partial charge is 0.495 e. The Balaban J connectivity index is 0.000000496. The quantitative estimate of drug-likeness (QED) is 0.123. The number of furan rings is 6. The van der Waals surface area contributed by atoms with Crippen molar-refractivity contribution in [1.82, 2.24) is 40.8 Å². The van der Waals surface area contributed by atoms with E-state index in [-0.39, 0.29) is 0 Å². The molecule has 89 heavy (non-hydrogen) atoms. The second-order valence-corrected chi connectivity index (χ2v) is 18.5. The number of rotatable bonds is 10. The maximum atomic E-state index is 5.06. The Labute approximate surface area is 523 Å². The Morgan fingerprint density at radius 2 is 0.787 bits per heavy atom. The highest BCUT2D eigenvalue weighted by Crippen LogP contribution is 2.29. The van der Waals surface area contributed by atoms with E-state index in [9.17, 15) is 0 Å². The lowest BCUT2D eigenvalue weighted by molar-refractivity contribution is 0.302. The van der Waals surface area contributed by atoms with Gasteiger partial charge in [-0.25, -0.2) is 0 Å². The van der Waals surface area contributed by atoms with Crippen molar-refractivity contribution in [3.8, 4) is 58.3 Å². The van der Waals surface area contributed by atoms with Crippen molar-refractivity contribution < 1.29 is 73.9 Å². The molecule has 24 heteroatoms. The molecule has 0 radical (unpaired) electrons. The van der Waals surface area contributed by atoms with Gasteiger partial charge in [0.15, 0.2) is 17.2 Å². The van der Waals surface area contributed by atoms with Crippen LogP contribution >= 0.6 is 0 Å². The first-order valence-corrected chi connectivity index (χ1v) is 27.3. The summed E-state index contributed by atoms with van der Waals surface area (Å²) in [7, 11) is 16.0. The molecule has 0 bridgehead atoms. The molecule has 0 aliphatic heterocycles. The van der Waals surface area contributed by atoms with E-state index in [1.54, 1.807) is 140 Å². The summed E-state index contributed by atoms with van der Waals surface area (Å²) in [6, 6.07) is 7.51. The Morgan fingerprint density at radius 3 is 1.11 bits per heavy atom. The second-order valence-electron chi connectivity index (χ2n) is 18.5. The molecule has 0 amide bonds. The van der Waals surface area contributed by atoms with E-state index < -0.39 is 0 Å². The zero-order chi connectivity index (χ0) is 67.0. The first-order chi connectivity index (χ1) is 42.5. The van der Waals surface area contributed by atoms with Crippen LogP contribution in [-0.4, -0.2) is 112 Å². The standard InChI is InChI=1S/C7H10N2O2.2C7H10N2O.C7H10O3.2C7H10O2.C6H8N2O.C6H8O2.C6H8O.C5H6O/c1-5-6(10-2)4-8-9-7(5)11-3;1-5-6(2)9-8-4-7(5)10-3;1-5-4-8-9-7(10-3)6(5)2;1-5-6(8-2)4-10-7(5)9-3;1-5-6(2)9-4-7(5)8-3;1-5-4-9-7(8-3)6(5)2;1-5-3-4-7-8-6(5)9-2;1-5-6(7-2)3-4-8-5;1-5-3-4-7-6(5)2;1-5-2-3-6-4-5/h4H,1-3H3;3*4H,1-3H3;2*4H,1-3H3;3-4H,1-2H3;3-4H,1-2H3;3-4H,1-2H3;2-4H,1H3. The number of hydrogen-bond acceptors (Lipinski definition) is 24. The topological polar surface area (TPSA) is 274 Å². The zero-order valence-electron chi connectivity index (χ0n) is 56.3. The third-order valence-corrected chi connectivity index (χ3v) is 12.6. The summed E-state index contributed by atoms with van der Waals surface area (Å²) in [6.45, 7) is 29.1. The van der Waals surface area contributed by atoms with E-state index in [1.165, 1.54) is 17.4 Å². The molecule has 10 aromatic rings. The van der Waals surface area contributed by atoms with Gasteiger partial charge in [0.25, 0.3) is 11.9 Å². The van der Waals surface area contributed by atoms with E-state index in [1.807, 2.05) is 122 Å². The molecule has 0 aliphatic carbocycles. The fourth-order valence-corrected chi connectivity index (χ4v) is 6.35. The lowest BCUT2D eigenvalue weighted by Gasteiger charge is -2.05. The van der Waals surface area contributed by atoms with Gasteiger partial charge < -0.3 is 73.9 Å². The molecule has 0 fully saturated rings. The predicted octanol–water partition coefficient (Wildman–Crippen LogP) is 14.3. The lowest BCUT2D eigenvalue weighted by Crippen LogP contribution is -1.96. The Morgan fingerprint density at radius 1 is 0.292 bits per heavy atom. The van der Waals surface area contributed by atoms with E-state index >= 15 is 0 Å². The van der Waals surface area contributed by atoms with Gasteiger partial charge in [-0.05, 0) is 144 Å². The van der Waals surface area contributed by atoms with Gasteiger partial charge in [-0.3, -0.25) is 0 Å². The number of methoxy groups -OCH3 is 10. The molecule has 10 aromatic heterocycles. The van der Waals surface area contributed by atoms with Crippen LogP contribution < -0.4 is 47.4 Å². The molecule has 0 atom stereocenters. The summed E-state index contributed by atoms with van der Waals surface area (Å²) in [5.74, 6) is 9.45. The summed E-state index contributed by atoms with van der Waals surface area (Å²) in [5, 5.41) is 29.9. The molecule has 24 nitrogen and oxygen atoms in total. The van der Waals surface area contributed by atoms with Crippen LogP contribution in [0.25, 0.3) is 0 Å². The summed E-state index contributed by atoms with van der Waals surface area (Å²) < 4.78 is 79.1. The molecule has 0 unspecified atom stereocenters. The molecule has 0 N–H and O–H groups in total. The molecular formula is C65H90N8O16. The number of aryl methyl sites for hydroxylation is 9.